The van der Waals surface area contributed by atoms with E-state index in [1.54, 1.807) is 19.3 Å². The van der Waals surface area contributed by atoms with E-state index in [9.17, 15) is 24.0 Å². The van der Waals surface area contributed by atoms with Crippen molar-refractivity contribution < 1.29 is 33.8 Å². The Labute approximate surface area is 302 Å². The van der Waals surface area contributed by atoms with E-state index in [2.05, 4.69) is 30.8 Å². The molecule has 2 aromatic rings. The number of carboxylic acids is 1. The molecule has 0 spiro atoms. The molecule has 3 amide bonds. The number of aliphatic carboxylic acids is 1. The predicted octanol–water partition coefficient (Wildman–Crippen LogP) is 5.68. The van der Waals surface area contributed by atoms with Gasteiger partial charge in [0.1, 0.15) is 5.78 Å². The van der Waals surface area contributed by atoms with Crippen LogP contribution in [0.5, 0.6) is 0 Å². The van der Waals surface area contributed by atoms with Crippen LogP contribution >= 0.6 is 0 Å². The maximum Gasteiger partial charge on any atom is 0.314 e. The van der Waals surface area contributed by atoms with E-state index < -0.39 is 12.2 Å². The summed E-state index contributed by atoms with van der Waals surface area (Å²) in [5.74, 6) is -0.772. The number of unbranched alkanes of at least 4 members (excludes halogenated alkanes) is 7. The number of ketones is 1. The Hall–Kier alpha value is -4.39. The number of amides is 3. The van der Waals surface area contributed by atoms with Gasteiger partial charge in [-0.25, -0.2) is 4.79 Å². The lowest BCUT2D eigenvalue weighted by molar-refractivity contribution is -0.139. The van der Waals surface area contributed by atoms with Gasteiger partial charge in [0, 0.05) is 70.2 Å². The lowest BCUT2D eigenvalue weighted by atomic mass is 10.0. The average molecular weight is 711 g/mol. The summed E-state index contributed by atoms with van der Waals surface area (Å²) in [5, 5.41) is 17.0. The highest BCUT2D eigenvalue weighted by atomic mass is 16.5. The van der Waals surface area contributed by atoms with Gasteiger partial charge < -0.3 is 25.8 Å². The SMILES string of the molecule is CC(CCC(=O)O)NC(=O)NCCCCCCC(=O)CCCCCCC(=O)NC(CCCCN(Cc1ccccn1)Cc1ccccn1)OC=O. The molecular formula is C38H58N6O7. The van der Waals surface area contributed by atoms with Crippen molar-refractivity contribution >= 4 is 30.2 Å². The molecule has 0 aliphatic carbocycles. The zero-order chi connectivity index (χ0) is 36.9. The molecular weight excluding hydrogens is 652 g/mol. The van der Waals surface area contributed by atoms with Gasteiger partial charge in [-0.1, -0.05) is 37.8 Å². The number of carboxylic acid groups (broad SMARTS) is 1. The summed E-state index contributed by atoms with van der Waals surface area (Å²) in [7, 11) is 0. The van der Waals surface area contributed by atoms with Crippen LogP contribution in [0.4, 0.5) is 4.79 Å². The monoisotopic (exact) mass is 710 g/mol. The first kappa shape index (κ1) is 42.8. The second-order valence-corrected chi connectivity index (χ2v) is 13.0. The summed E-state index contributed by atoms with van der Waals surface area (Å²) in [6.07, 6.45) is 13.6. The number of Topliss-reactive ketones (excluding diaryl/α,β-unsaturated/α-hetero) is 1. The van der Waals surface area contributed by atoms with Crippen LogP contribution < -0.4 is 16.0 Å². The predicted molar refractivity (Wildman–Crippen MR) is 194 cm³/mol. The number of aromatic nitrogens is 2. The molecule has 13 nitrogen and oxygen atoms in total. The van der Waals surface area contributed by atoms with Crippen LogP contribution in [-0.2, 0) is 37.0 Å². The van der Waals surface area contributed by atoms with Crippen molar-refractivity contribution in [3.05, 3.63) is 60.2 Å². The maximum atomic E-state index is 12.5. The fourth-order valence-electron chi connectivity index (χ4n) is 5.59. The van der Waals surface area contributed by atoms with Gasteiger partial charge in [0.05, 0.1) is 11.4 Å². The third-order valence-electron chi connectivity index (χ3n) is 8.40. The number of pyridine rings is 2. The maximum absolute atomic E-state index is 12.5. The van der Waals surface area contributed by atoms with Gasteiger partial charge in [-0.2, -0.15) is 0 Å². The normalized spacial score (nSPS) is 12.1. The van der Waals surface area contributed by atoms with Crippen molar-refractivity contribution in [2.24, 2.45) is 0 Å². The van der Waals surface area contributed by atoms with Gasteiger partial charge in [0.15, 0.2) is 6.23 Å². The van der Waals surface area contributed by atoms with Crippen molar-refractivity contribution in [1.29, 1.82) is 0 Å². The Bertz CT molecular complexity index is 1230. The molecule has 0 aliphatic heterocycles. The van der Waals surface area contributed by atoms with E-state index in [0.29, 0.717) is 64.6 Å². The number of rotatable bonds is 30. The second kappa shape index (κ2) is 27.3. The van der Waals surface area contributed by atoms with Crippen molar-refractivity contribution in [3.63, 3.8) is 0 Å². The molecule has 2 atom stereocenters. The highest BCUT2D eigenvalue weighted by molar-refractivity contribution is 5.78. The van der Waals surface area contributed by atoms with Gasteiger partial charge in [-0.3, -0.25) is 34.0 Å². The van der Waals surface area contributed by atoms with Crippen LogP contribution in [0.1, 0.15) is 121 Å². The molecule has 51 heavy (non-hydrogen) atoms. The molecule has 2 rings (SSSR count). The van der Waals surface area contributed by atoms with Gasteiger partial charge in [0.2, 0.25) is 5.91 Å². The zero-order valence-corrected chi connectivity index (χ0v) is 30.2. The minimum Gasteiger partial charge on any atom is -0.481 e. The molecule has 0 radical (unpaired) electrons. The first-order valence-corrected chi connectivity index (χ1v) is 18.4. The first-order chi connectivity index (χ1) is 24.7. The molecule has 13 heteroatoms. The van der Waals surface area contributed by atoms with Gasteiger partial charge >= 0.3 is 12.0 Å². The van der Waals surface area contributed by atoms with Crippen LogP contribution in [0.2, 0.25) is 0 Å². The van der Waals surface area contributed by atoms with Crippen LogP contribution in [0.3, 0.4) is 0 Å². The third kappa shape index (κ3) is 22.9. The molecule has 0 saturated heterocycles. The summed E-state index contributed by atoms with van der Waals surface area (Å²) >= 11 is 0. The second-order valence-electron chi connectivity index (χ2n) is 13.0. The largest absolute Gasteiger partial charge is 0.481 e. The fourth-order valence-corrected chi connectivity index (χ4v) is 5.59. The Morgan fingerprint density at radius 2 is 1.37 bits per heavy atom. The smallest absolute Gasteiger partial charge is 0.314 e. The highest BCUT2D eigenvalue weighted by Gasteiger charge is 2.15. The number of carbonyl (C=O) groups excluding carboxylic acids is 4. The number of hydrogen-bond acceptors (Lipinski definition) is 9. The number of nitrogens with zero attached hydrogens (tertiary/aromatic N) is 3. The van der Waals surface area contributed by atoms with E-state index in [1.807, 2.05) is 36.4 Å². The fraction of sp³-hybridized carbons (Fsp3) is 0.605. The number of ether oxygens (including phenoxy) is 1. The van der Waals surface area contributed by atoms with E-state index in [4.69, 9.17) is 9.84 Å². The van der Waals surface area contributed by atoms with Crippen LogP contribution in [-0.4, -0.2) is 75.5 Å². The molecule has 0 fully saturated rings. The quantitative estimate of drug-likeness (QED) is 0.0448. The number of carbonyl (C=O) groups is 5. The Morgan fingerprint density at radius 3 is 1.94 bits per heavy atom. The van der Waals surface area contributed by atoms with Crippen molar-refractivity contribution in [2.75, 3.05) is 13.1 Å². The third-order valence-corrected chi connectivity index (χ3v) is 8.40. The molecule has 282 valence electrons. The van der Waals surface area contributed by atoms with E-state index in [0.717, 1.165) is 75.7 Å². The molecule has 4 N–H and O–H groups in total. The summed E-state index contributed by atoms with van der Waals surface area (Å²) in [6.45, 7) is 4.88. The molecule has 2 unspecified atom stereocenters. The van der Waals surface area contributed by atoms with Crippen LogP contribution in [0, 0.1) is 0 Å². The lowest BCUT2D eigenvalue weighted by Gasteiger charge is -2.22. The summed E-state index contributed by atoms with van der Waals surface area (Å²) in [4.78, 5) is 69.5. The van der Waals surface area contributed by atoms with E-state index in [-0.39, 0.29) is 30.2 Å². The van der Waals surface area contributed by atoms with Crippen LogP contribution in [0.15, 0.2) is 48.8 Å². The van der Waals surface area contributed by atoms with Crippen molar-refractivity contribution in [3.8, 4) is 0 Å². The first-order valence-electron chi connectivity index (χ1n) is 18.4. The molecule has 0 bridgehead atoms. The zero-order valence-electron chi connectivity index (χ0n) is 30.2. The summed E-state index contributed by atoms with van der Waals surface area (Å²) in [6, 6.07) is 11.3. The molecule has 2 aromatic heterocycles. The van der Waals surface area contributed by atoms with Crippen molar-refractivity contribution in [2.45, 2.75) is 135 Å². The molecule has 2 heterocycles. The van der Waals surface area contributed by atoms with E-state index >= 15 is 0 Å². The topological polar surface area (TPSA) is 180 Å². The summed E-state index contributed by atoms with van der Waals surface area (Å²) < 4.78 is 5.16. The number of urea groups is 1. The molecule has 0 aliphatic rings. The minimum absolute atomic E-state index is 0.0189. The Balaban J connectivity index is 1.50. The van der Waals surface area contributed by atoms with Gasteiger partial charge in [0.25, 0.3) is 6.47 Å². The standard InChI is InChI=1S/C38H58N6O7/c1-31(22-23-37(48)49)42-38(50)41-26-12-5-4-7-19-34(46)18-6-2-3-8-20-35(47)43-36(51-30-45)21-11-15-27-44(28-32-16-9-13-24-39-32)29-33-17-10-14-25-40-33/h9-10,13-14,16-17,24-25,30-31,36H,2-8,11-12,15,18-23,26-29H2,1H3,(H,43,47)(H,48,49)(H2,41,42,50). The Morgan fingerprint density at radius 1 is 0.765 bits per heavy atom. The van der Waals surface area contributed by atoms with Gasteiger partial charge in [-0.05, 0) is 82.7 Å². The summed E-state index contributed by atoms with van der Waals surface area (Å²) in [5.41, 5.74) is 1.96. The highest BCUT2D eigenvalue weighted by Crippen LogP contribution is 2.12. The van der Waals surface area contributed by atoms with Crippen molar-refractivity contribution in [1.82, 2.24) is 30.8 Å². The molecule has 0 saturated carbocycles. The number of nitrogens with one attached hydrogen (secondary N) is 3. The van der Waals surface area contributed by atoms with Gasteiger partial charge in [-0.15, -0.1) is 0 Å². The van der Waals surface area contributed by atoms with E-state index in [1.165, 1.54) is 0 Å². The lowest BCUT2D eigenvalue weighted by Crippen LogP contribution is -2.41. The molecule has 0 aromatic carbocycles. The van der Waals surface area contributed by atoms with Crippen LogP contribution in [0.25, 0.3) is 0 Å². The minimum atomic E-state index is -0.880. The number of hydrogen-bond donors (Lipinski definition) is 4. The average Bonchev–Trinajstić information content (AvgIpc) is 3.11. The Kier molecular flexibility index (Phi) is 22.9.